The number of rotatable bonds is 2. The zero-order valence-electron chi connectivity index (χ0n) is 8.61. The highest BCUT2D eigenvalue weighted by Gasteiger charge is 2.10. The number of hydrogen-bond donors (Lipinski definition) is 0. The SMILES string of the molecule is C.CC(C1=CC=CCC1)c1ccccc1. The highest BCUT2D eigenvalue weighted by Crippen LogP contribution is 2.28. The predicted molar refractivity (Wildman–Crippen MR) is 68.0 cm³/mol. The predicted octanol–water partition coefficient (Wildman–Crippen LogP) is 4.70. The van der Waals surface area contributed by atoms with Gasteiger partial charge in [0.15, 0.2) is 0 Å². The molecule has 0 aliphatic heterocycles. The van der Waals surface area contributed by atoms with Gasteiger partial charge >= 0.3 is 0 Å². The van der Waals surface area contributed by atoms with E-state index in [1.165, 1.54) is 18.4 Å². The van der Waals surface area contributed by atoms with Crippen LogP contribution in [0.1, 0.15) is 38.7 Å². The molecule has 0 nitrogen and oxygen atoms in total. The van der Waals surface area contributed by atoms with Crippen LogP contribution < -0.4 is 0 Å². The molecule has 0 aromatic heterocycles. The fourth-order valence-corrected chi connectivity index (χ4v) is 1.94. The molecular weight excluding hydrogens is 180 g/mol. The summed E-state index contributed by atoms with van der Waals surface area (Å²) in [5.41, 5.74) is 2.98. The normalized spacial score (nSPS) is 16.5. The third kappa shape index (κ3) is 2.82. The average Bonchev–Trinajstić information content (AvgIpc) is 2.30. The van der Waals surface area contributed by atoms with Gasteiger partial charge in [0.2, 0.25) is 0 Å². The van der Waals surface area contributed by atoms with Crippen molar-refractivity contribution < 1.29 is 0 Å². The minimum atomic E-state index is 0. The first-order valence-corrected chi connectivity index (χ1v) is 5.28. The van der Waals surface area contributed by atoms with Crippen molar-refractivity contribution in [3.05, 3.63) is 59.7 Å². The Morgan fingerprint density at radius 2 is 1.87 bits per heavy atom. The van der Waals surface area contributed by atoms with Crippen LogP contribution in [0.5, 0.6) is 0 Å². The van der Waals surface area contributed by atoms with Gasteiger partial charge in [0.1, 0.15) is 0 Å². The summed E-state index contributed by atoms with van der Waals surface area (Å²) in [6.45, 7) is 2.29. The van der Waals surface area contributed by atoms with E-state index in [2.05, 4.69) is 55.5 Å². The van der Waals surface area contributed by atoms with E-state index < -0.39 is 0 Å². The van der Waals surface area contributed by atoms with Crippen LogP contribution in [0.3, 0.4) is 0 Å². The highest BCUT2D eigenvalue weighted by molar-refractivity contribution is 5.31. The molecule has 1 atom stereocenters. The lowest BCUT2D eigenvalue weighted by atomic mass is 9.88. The van der Waals surface area contributed by atoms with Crippen LogP contribution in [-0.4, -0.2) is 0 Å². The second-order valence-corrected chi connectivity index (χ2v) is 3.84. The molecule has 1 aromatic rings. The van der Waals surface area contributed by atoms with Gasteiger partial charge < -0.3 is 0 Å². The first-order valence-electron chi connectivity index (χ1n) is 5.28. The van der Waals surface area contributed by atoms with Crippen molar-refractivity contribution in [1.82, 2.24) is 0 Å². The van der Waals surface area contributed by atoms with Gasteiger partial charge in [-0.15, -0.1) is 0 Å². The lowest BCUT2D eigenvalue weighted by Crippen LogP contribution is -1.99. The van der Waals surface area contributed by atoms with E-state index in [9.17, 15) is 0 Å². The molecule has 2 rings (SSSR count). The molecule has 0 fully saturated rings. The summed E-state index contributed by atoms with van der Waals surface area (Å²) < 4.78 is 0. The average molecular weight is 200 g/mol. The maximum Gasteiger partial charge on any atom is 0.00230 e. The number of benzene rings is 1. The molecular formula is C15H20. The minimum absolute atomic E-state index is 0. The van der Waals surface area contributed by atoms with Crippen LogP contribution in [0.4, 0.5) is 0 Å². The van der Waals surface area contributed by atoms with Crippen molar-refractivity contribution in [1.29, 1.82) is 0 Å². The largest absolute Gasteiger partial charge is 0.0842 e. The molecule has 1 aliphatic carbocycles. The van der Waals surface area contributed by atoms with Gasteiger partial charge in [0.25, 0.3) is 0 Å². The van der Waals surface area contributed by atoms with E-state index in [0.717, 1.165) is 0 Å². The Balaban J connectivity index is 0.00000112. The summed E-state index contributed by atoms with van der Waals surface area (Å²) in [5, 5.41) is 0. The van der Waals surface area contributed by atoms with E-state index in [1.807, 2.05) is 0 Å². The van der Waals surface area contributed by atoms with Gasteiger partial charge in [-0.1, -0.05) is 68.5 Å². The van der Waals surface area contributed by atoms with Crippen LogP contribution in [-0.2, 0) is 0 Å². The monoisotopic (exact) mass is 200 g/mol. The molecule has 0 bridgehead atoms. The maximum absolute atomic E-state index is 2.29. The van der Waals surface area contributed by atoms with Crippen LogP contribution in [0.2, 0.25) is 0 Å². The molecule has 0 N–H and O–H groups in total. The van der Waals surface area contributed by atoms with Crippen molar-refractivity contribution in [3.63, 3.8) is 0 Å². The summed E-state index contributed by atoms with van der Waals surface area (Å²) in [6, 6.07) is 10.7. The quantitative estimate of drug-likeness (QED) is 0.649. The van der Waals surface area contributed by atoms with Gasteiger partial charge in [-0.2, -0.15) is 0 Å². The fourth-order valence-electron chi connectivity index (χ4n) is 1.94. The Bertz CT molecular complexity index is 344. The summed E-state index contributed by atoms with van der Waals surface area (Å²) >= 11 is 0. The van der Waals surface area contributed by atoms with E-state index in [-0.39, 0.29) is 7.43 Å². The van der Waals surface area contributed by atoms with Crippen LogP contribution in [0.15, 0.2) is 54.1 Å². The highest BCUT2D eigenvalue weighted by atomic mass is 14.2. The third-order valence-electron chi connectivity index (χ3n) is 2.90. The van der Waals surface area contributed by atoms with E-state index in [4.69, 9.17) is 0 Å². The molecule has 1 aliphatic rings. The second-order valence-electron chi connectivity index (χ2n) is 3.84. The van der Waals surface area contributed by atoms with Crippen molar-refractivity contribution in [2.24, 2.45) is 0 Å². The molecule has 80 valence electrons. The Labute approximate surface area is 93.3 Å². The van der Waals surface area contributed by atoms with E-state index >= 15 is 0 Å². The second kappa shape index (κ2) is 5.55. The van der Waals surface area contributed by atoms with Crippen LogP contribution >= 0.6 is 0 Å². The van der Waals surface area contributed by atoms with Gasteiger partial charge in [0.05, 0.1) is 0 Å². The van der Waals surface area contributed by atoms with Gasteiger partial charge in [-0.3, -0.25) is 0 Å². The van der Waals surface area contributed by atoms with E-state index in [0.29, 0.717) is 5.92 Å². The fraction of sp³-hybridized carbons (Fsp3) is 0.333. The maximum atomic E-state index is 2.29. The standard InChI is InChI=1S/C14H16.CH4/c1-12(13-8-4-2-5-9-13)14-10-6-3-7-11-14;/h2-6,8-10,12H,7,11H2,1H3;1H4. The Hall–Kier alpha value is -1.30. The summed E-state index contributed by atoms with van der Waals surface area (Å²) in [7, 11) is 0. The smallest absolute Gasteiger partial charge is 0.00230 e. The molecule has 1 aromatic carbocycles. The zero-order valence-corrected chi connectivity index (χ0v) is 8.61. The molecule has 0 heterocycles. The minimum Gasteiger partial charge on any atom is -0.0842 e. The van der Waals surface area contributed by atoms with Crippen molar-refractivity contribution in [3.8, 4) is 0 Å². The zero-order chi connectivity index (χ0) is 9.80. The first kappa shape index (κ1) is 11.8. The molecule has 0 radical (unpaired) electrons. The lowest BCUT2D eigenvalue weighted by molar-refractivity contribution is 0.799. The third-order valence-corrected chi connectivity index (χ3v) is 2.90. The van der Waals surface area contributed by atoms with E-state index in [1.54, 1.807) is 5.57 Å². The molecule has 15 heavy (non-hydrogen) atoms. The van der Waals surface area contributed by atoms with Crippen LogP contribution in [0, 0.1) is 0 Å². The van der Waals surface area contributed by atoms with Gasteiger partial charge in [-0.05, 0) is 18.4 Å². The molecule has 0 saturated heterocycles. The Morgan fingerprint density at radius 3 is 2.47 bits per heavy atom. The number of hydrogen-bond acceptors (Lipinski definition) is 0. The van der Waals surface area contributed by atoms with Crippen LogP contribution in [0.25, 0.3) is 0 Å². The Morgan fingerprint density at radius 1 is 1.13 bits per heavy atom. The van der Waals surface area contributed by atoms with Crippen molar-refractivity contribution in [2.45, 2.75) is 33.1 Å². The first-order chi connectivity index (χ1) is 6.88. The molecule has 1 unspecified atom stereocenters. The van der Waals surface area contributed by atoms with Gasteiger partial charge in [-0.25, -0.2) is 0 Å². The summed E-state index contributed by atoms with van der Waals surface area (Å²) in [4.78, 5) is 0. The van der Waals surface area contributed by atoms with Crippen molar-refractivity contribution in [2.75, 3.05) is 0 Å². The molecule has 0 heteroatoms. The summed E-state index contributed by atoms with van der Waals surface area (Å²) in [5.74, 6) is 0.571. The molecule has 0 amide bonds. The molecule has 0 saturated carbocycles. The van der Waals surface area contributed by atoms with Gasteiger partial charge in [0, 0.05) is 5.92 Å². The molecule has 0 spiro atoms. The number of allylic oxidation sites excluding steroid dienone is 4. The lowest BCUT2D eigenvalue weighted by Gasteiger charge is -2.17. The Kier molecular flexibility index (Phi) is 4.36. The topological polar surface area (TPSA) is 0 Å². The summed E-state index contributed by atoms with van der Waals surface area (Å²) in [6.07, 6.45) is 9.09. The van der Waals surface area contributed by atoms with Crippen molar-refractivity contribution >= 4 is 0 Å².